The van der Waals surface area contributed by atoms with Crippen molar-refractivity contribution in [3.05, 3.63) is 30.1 Å². The molecule has 1 aliphatic rings. The predicted octanol–water partition coefficient (Wildman–Crippen LogP) is 0.750. The Morgan fingerprint density at radius 3 is 3.00 bits per heavy atom. The maximum absolute atomic E-state index is 9.25. The number of aryl methyl sites for hydroxylation is 1. The monoisotopic (exact) mass is 217 g/mol. The molecule has 0 spiro atoms. The van der Waals surface area contributed by atoms with E-state index in [0.717, 1.165) is 25.2 Å². The summed E-state index contributed by atoms with van der Waals surface area (Å²) in [6.07, 6.45) is 1.71. The van der Waals surface area contributed by atoms with Gasteiger partial charge in [-0.2, -0.15) is 0 Å². The van der Waals surface area contributed by atoms with Gasteiger partial charge in [0.1, 0.15) is 0 Å². The molecule has 4 nitrogen and oxygen atoms in total. The molecule has 0 atom stereocenters. The highest BCUT2D eigenvalue weighted by molar-refractivity contribution is 5.78. The van der Waals surface area contributed by atoms with Gasteiger partial charge in [-0.05, 0) is 11.6 Å². The first-order valence-corrected chi connectivity index (χ1v) is 5.53. The number of imidazole rings is 1. The molecule has 0 radical (unpaired) electrons. The van der Waals surface area contributed by atoms with E-state index in [2.05, 4.69) is 28.1 Å². The minimum absolute atomic E-state index is 0.136. The molecular weight excluding hydrogens is 202 g/mol. The highest BCUT2D eigenvalue weighted by Gasteiger charge is 2.24. The van der Waals surface area contributed by atoms with Crippen molar-refractivity contribution in [3.63, 3.8) is 0 Å². The first-order chi connectivity index (χ1) is 7.74. The van der Waals surface area contributed by atoms with E-state index in [1.807, 2.05) is 17.9 Å². The van der Waals surface area contributed by atoms with Crippen molar-refractivity contribution in [2.75, 3.05) is 13.1 Å². The number of hydrogen-bond acceptors (Lipinski definition) is 3. The lowest BCUT2D eigenvalue weighted by atomic mass is 10.1. The standard InChI is InChI=1S/C12H15N3O/c1-14-8-13-12-9(3-2-4-11(12)14)5-15-6-10(16)7-15/h2-4,8,10,16H,5-7H2,1H3. The number of likely N-dealkylation sites (tertiary alicyclic amines) is 1. The number of para-hydroxylation sites is 1. The number of aliphatic hydroxyl groups is 1. The number of hydrogen-bond donors (Lipinski definition) is 1. The van der Waals surface area contributed by atoms with Crippen LogP contribution in [0.4, 0.5) is 0 Å². The van der Waals surface area contributed by atoms with Crippen LogP contribution in [0.1, 0.15) is 5.56 Å². The van der Waals surface area contributed by atoms with Gasteiger partial charge in [-0.3, -0.25) is 4.90 Å². The van der Waals surface area contributed by atoms with E-state index in [4.69, 9.17) is 0 Å². The molecule has 16 heavy (non-hydrogen) atoms. The third kappa shape index (κ3) is 1.50. The second-order valence-electron chi connectivity index (χ2n) is 4.49. The number of nitrogens with zero attached hydrogens (tertiary/aromatic N) is 3. The molecule has 3 rings (SSSR count). The first kappa shape index (κ1) is 9.81. The highest BCUT2D eigenvalue weighted by Crippen LogP contribution is 2.20. The van der Waals surface area contributed by atoms with Gasteiger partial charge in [0, 0.05) is 26.7 Å². The molecular formula is C12H15N3O. The van der Waals surface area contributed by atoms with Crippen LogP contribution in [-0.2, 0) is 13.6 Å². The quantitative estimate of drug-likeness (QED) is 0.807. The van der Waals surface area contributed by atoms with Gasteiger partial charge in [0.2, 0.25) is 0 Å². The third-order valence-corrected chi connectivity index (χ3v) is 3.17. The van der Waals surface area contributed by atoms with Gasteiger partial charge in [-0.25, -0.2) is 4.98 Å². The van der Waals surface area contributed by atoms with Crippen LogP contribution in [0, 0.1) is 0 Å². The van der Waals surface area contributed by atoms with Gasteiger partial charge >= 0.3 is 0 Å². The summed E-state index contributed by atoms with van der Waals surface area (Å²) in [5.41, 5.74) is 3.48. The van der Waals surface area contributed by atoms with E-state index in [1.165, 1.54) is 11.1 Å². The SMILES string of the molecule is Cn1cnc2c(CN3CC(O)C3)cccc21. The van der Waals surface area contributed by atoms with Crippen LogP contribution in [0.2, 0.25) is 0 Å². The van der Waals surface area contributed by atoms with Gasteiger partial charge < -0.3 is 9.67 Å². The Balaban J connectivity index is 1.91. The minimum atomic E-state index is -0.136. The molecule has 1 aliphatic heterocycles. The molecule has 1 fully saturated rings. The second kappa shape index (κ2) is 3.57. The van der Waals surface area contributed by atoms with E-state index in [0.29, 0.717) is 0 Å². The van der Waals surface area contributed by atoms with Gasteiger partial charge in [-0.15, -0.1) is 0 Å². The molecule has 0 bridgehead atoms. The summed E-state index contributed by atoms with van der Waals surface area (Å²) in [6, 6.07) is 6.26. The minimum Gasteiger partial charge on any atom is -0.390 e. The summed E-state index contributed by atoms with van der Waals surface area (Å²) < 4.78 is 2.03. The number of aromatic nitrogens is 2. The van der Waals surface area contributed by atoms with Crippen molar-refractivity contribution in [2.45, 2.75) is 12.6 Å². The van der Waals surface area contributed by atoms with E-state index < -0.39 is 0 Å². The van der Waals surface area contributed by atoms with Crippen molar-refractivity contribution < 1.29 is 5.11 Å². The normalized spacial score (nSPS) is 17.9. The Kier molecular flexibility index (Phi) is 2.19. The van der Waals surface area contributed by atoms with Crippen LogP contribution in [0.3, 0.4) is 0 Å². The van der Waals surface area contributed by atoms with Crippen molar-refractivity contribution in [1.29, 1.82) is 0 Å². The Morgan fingerprint density at radius 2 is 2.25 bits per heavy atom. The molecule has 2 aromatic rings. The first-order valence-electron chi connectivity index (χ1n) is 5.53. The molecule has 4 heteroatoms. The molecule has 2 heterocycles. The summed E-state index contributed by atoms with van der Waals surface area (Å²) in [7, 11) is 2.01. The van der Waals surface area contributed by atoms with Crippen LogP contribution in [0.25, 0.3) is 11.0 Å². The molecule has 1 N–H and O–H groups in total. The lowest BCUT2D eigenvalue weighted by Gasteiger charge is -2.35. The fraction of sp³-hybridized carbons (Fsp3) is 0.417. The Labute approximate surface area is 94.1 Å². The van der Waals surface area contributed by atoms with Gasteiger partial charge in [0.25, 0.3) is 0 Å². The average molecular weight is 217 g/mol. The lowest BCUT2D eigenvalue weighted by molar-refractivity contribution is -0.00266. The summed E-state index contributed by atoms with van der Waals surface area (Å²) in [4.78, 5) is 6.65. The number of rotatable bonds is 2. The molecule has 84 valence electrons. The van der Waals surface area contributed by atoms with Crippen molar-refractivity contribution >= 4 is 11.0 Å². The zero-order valence-corrected chi connectivity index (χ0v) is 9.30. The zero-order chi connectivity index (χ0) is 11.1. The number of benzene rings is 1. The van der Waals surface area contributed by atoms with Gasteiger partial charge in [-0.1, -0.05) is 12.1 Å². The summed E-state index contributed by atoms with van der Waals surface area (Å²) in [5, 5.41) is 9.25. The van der Waals surface area contributed by atoms with E-state index in [9.17, 15) is 5.11 Å². The largest absolute Gasteiger partial charge is 0.390 e. The molecule has 1 aromatic carbocycles. The van der Waals surface area contributed by atoms with Gasteiger partial charge in [0.05, 0.1) is 23.5 Å². The summed E-state index contributed by atoms with van der Waals surface area (Å²) in [5.74, 6) is 0. The zero-order valence-electron chi connectivity index (χ0n) is 9.30. The Morgan fingerprint density at radius 1 is 1.44 bits per heavy atom. The van der Waals surface area contributed by atoms with Crippen LogP contribution in [0.15, 0.2) is 24.5 Å². The number of β-amino-alcohol motifs (C(OH)–C–C–N with tert-alkyl or cyclic N) is 1. The molecule has 0 saturated carbocycles. The highest BCUT2D eigenvalue weighted by atomic mass is 16.3. The van der Waals surface area contributed by atoms with E-state index in [-0.39, 0.29) is 6.10 Å². The van der Waals surface area contributed by atoms with E-state index in [1.54, 1.807) is 0 Å². The molecule has 1 aromatic heterocycles. The maximum atomic E-state index is 9.25. The maximum Gasteiger partial charge on any atom is 0.0955 e. The van der Waals surface area contributed by atoms with Crippen molar-refractivity contribution in [2.24, 2.45) is 7.05 Å². The topological polar surface area (TPSA) is 41.3 Å². The number of fused-ring (bicyclic) bond motifs is 1. The smallest absolute Gasteiger partial charge is 0.0955 e. The van der Waals surface area contributed by atoms with E-state index >= 15 is 0 Å². The van der Waals surface area contributed by atoms with Crippen LogP contribution in [-0.4, -0.2) is 38.8 Å². The van der Waals surface area contributed by atoms with Crippen LogP contribution in [0.5, 0.6) is 0 Å². The Bertz CT molecular complexity index is 514. The van der Waals surface area contributed by atoms with Crippen LogP contribution < -0.4 is 0 Å². The van der Waals surface area contributed by atoms with Crippen LogP contribution >= 0.6 is 0 Å². The lowest BCUT2D eigenvalue weighted by Crippen LogP contribution is -2.49. The number of aliphatic hydroxyl groups excluding tert-OH is 1. The molecule has 0 amide bonds. The van der Waals surface area contributed by atoms with Crippen molar-refractivity contribution in [1.82, 2.24) is 14.5 Å². The molecule has 0 unspecified atom stereocenters. The summed E-state index contributed by atoms with van der Waals surface area (Å²) in [6.45, 7) is 2.44. The van der Waals surface area contributed by atoms with Crippen molar-refractivity contribution in [3.8, 4) is 0 Å². The predicted molar refractivity (Wildman–Crippen MR) is 62.0 cm³/mol. The molecule has 0 aliphatic carbocycles. The second-order valence-corrected chi connectivity index (χ2v) is 4.49. The third-order valence-electron chi connectivity index (χ3n) is 3.17. The summed E-state index contributed by atoms with van der Waals surface area (Å²) >= 11 is 0. The Hall–Kier alpha value is -1.39. The van der Waals surface area contributed by atoms with Gasteiger partial charge in [0.15, 0.2) is 0 Å². The molecule has 1 saturated heterocycles. The average Bonchev–Trinajstić information content (AvgIpc) is 2.60. The fourth-order valence-corrected chi connectivity index (χ4v) is 2.26. The fourth-order valence-electron chi connectivity index (χ4n) is 2.26.